The van der Waals surface area contributed by atoms with E-state index in [4.69, 9.17) is 0 Å². The van der Waals surface area contributed by atoms with E-state index in [9.17, 15) is 0 Å². The predicted octanol–water partition coefficient (Wildman–Crippen LogP) is 7.62. The average Bonchev–Trinajstić information content (AvgIpc) is 2.20. The van der Waals surface area contributed by atoms with E-state index in [0.717, 1.165) is 23.3 Å². The molecule has 0 amide bonds. The van der Waals surface area contributed by atoms with Gasteiger partial charge in [-0.1, -0.05) is 82.3 Å². The Labute approximate surface area is 142 Å². The Morgan fingerprint density at radius 3 is 1.68 bits per heavy atom. The van der Waals surface area contributed by atoms with Crippen molar-refractivity contribution in [2.75, 3.05) is 0 Å². The van der Waals surface area contributed by atoms with Crippen LogP contribution in [0.2, 0.25) is 23.7 Å². The Kier molecular flexibility index (Phi) is 5.47. The Hall–Kier alpha value is 0.217. The number of hydrogen-bond acceptors (Lipinski definition) is 0. The summed E-state index contributed by atoms with van der Waals surface area (Å²) in [6.45, 7) is 29.9. The molecule has 4 unspecified atom stereocenters. The summed E-state index contributed by atoms with van der Waals surface area (Å²) in [6, 6.07) is 0. The normalized spacial score (nSPS) is 29.2. The summed E-state index contributed by atoms with van der Waals surface area (Å²) < 4.78 is 0. The van der Waals surface area contributed by atoms with Gasteiger partial charge in [0.1, 0.15) is 0 Å². The van der Waals surface area contributed by atoms with Crippen LogP contribution in [0.3, 0.4) is 0 Å². The van der Waals surface area contributed by atoms with Crippen molar-refractivity contribution in [3.63, 3.8) is 0 Å². The van der Waals surface area contributed by atoms with Crippen molar-refractivity contribution in [2.45, 2.75) is 106 Å². The smallest absolute Gasteiger partial charge is 0.0561 e. The lowest BCUT2D eigenvalue weighted by atomic mass is 9.57. The third-order valence-corrected chi connectivity index (χ3v) is 13.7. The Morgan fingerprint density at radius 2 is 1.36 bits per heavy atom. The lowest BCUT2D eigenvalue weighted by Crippen LogP contribution is -2.55. The summed E-state index contributed by atoms with van der Waals surface area (Å²) in [4.78, 5) is 0. The van der Waals surface area contributed by atoms with Crippen LogP contribution in [0.5, 0.6) is 0 Å². The van der Waals surface area contributed by atoms with Crippen LogP contribution in [0, 0.1) is 28.6 Å². The Bertz CT molecular complexity index is 372. The molecule has 1 saturated carbocycles. The molecule has 132 valence electrons. The van der Waals surface area contributed by atoms with Gasteiger partial charge in [0.05, 0.1) is 8.07 Å². The van der Waals surface area contributed by atoms with Gasteiger partial charge in [-0.05, 0) is 52.0 Å². The third kappa shape index (κ3) is 4.19. The average molecular weight is 325 g/mol. The molecule has 1 heteroatoms. The van der Waals surface area contributed by atoms with Gasteiger partial charge in [-0.15, -0.1) is 0 Å². The largest absolute Gasteiger partial charge is 0.0688 e. The van der Waals surface area contributed by atoms with Gasteiger partial charge in [-0.2, -0.15) is 0 Å². The highest BCUT2D eigenvalue weighted by molar-refractivity contribution is 6.81. The monoisotopic (exact) mass is 324 g/mol. The first kappa shape index (κ1) is 20.3. The minimum atomic E-state index is -1.23. The molecule has 0 N–H and O–H groups in total. The fourth-order valence-electron chi connectivity index (χ4n) is 4.35. The van der Waals surface area contributed by atoms with Crippen molar-refractivity contribution in [3.8, 4) is 0 Å². The molecule has 0 heterocycles. The van der Waals surface area contributed by atoms with Crippen molar-refractivity contribution in [1.29, 1.82) is 0 Å². The van der Waals surface area contributed by atoms with E-state index >= 15 is 0 Å². The zero-order valence-corrected chi connectivity index (χ0v) is 18.7. The summed E-state index contributed by atoms with van der Waals surface area (Å²) in [5.41, 5.74) is 1.92. The van der Waals surface area contributed by atoms with Crippen LogP contribution < -0.4 is 0 Å². The standard InChI is InChI=1S/C21H44Si/c1-15(20(5,6)7)16-13-18(17(16)14-19(2,3)4)22(11,12)21(8,9)10/h15-18H,13-14H2,1-12H3. The second-order valence-electron chi connectivity index (χ2n) is 12.1. The number of hydrogen-bond donors (Lipinski definition) is 0. The van der Waals surface area contributed by atoms with Crippen molar-refractivity contribution in [2.24, 2.45) is 28.6 Å². The summed E-state index contributed by atoms with van der Waals surface area (Å²) >= 11 is 0. The molecule has 0 nitrogen and oxygen atoms in total. The molecule has 0 saturated heterocycles. The lowest BCUT2D eigenvalue weighted by molar-refractivity contribution is 0.0204. The highest BCUT2D eigenvalue weighted by atomic mass is 28.3. The highest BCUT2D eigenvalue weighted by Gasteiger charge is 2.56. The Morgan fingerprint density at radius 1 is 0.909 bits per heavy atom. The molecule has 0 aromatic carbocycles. The van der Waals surface area contributed by atoms with E-state index < -0.39 is 8.07 Å². The van der Waals surface area contributed by atoms with E-state index in [-0.39, 0.29) is 0 Å². The Balaban J connectivity index is 3.04. The van der Waals surface area contributed by atoms with Crippen molar-refractivity contribution in [3.05, 3.63) is 0 Å². The van der Waals surface area contributed by atoms with Gasteiger partial charge in [0.2, 0.25) is 0 Å². The summed E-state index contributed by atoms with van der Waals surface area (Å²) in [7, 11) is -1.23. The van der Waals surface area contributed by atoms with Gasteiger partial charge in [0.15, 0.2) is 0 Å². The van der Waals surface area contributed by atoms with E-state index in [1.807, 2.05) is 0 Å². The highest BCUT2D eigenvalue weighted by Crippen LogP contribution is 2.63. The summed E-state index contributed by atoms with van der Waals surface area (Å²) in [6.07, 6.45) is 2.91. The first-order valence-electron chi connectivity index (χ1n) is 9.48. The molecular weight excluding hydrogens is 280 g/mol. The van der Waals surface area contributed by atoms with Crippen molar-refractivity contribution in [1.82, 2.24) is 0 Å². The molecule has 0 aromatic rings. The van der Waals surface area contributed by atoms with E-state index in [0.29, 0.717) is 15.9 Å². The quantitative estimate of drug-likeness (QED) is 0.468. The van der Waals surface area contributed by atoms with Gasteiger partial charge in [-0.25, -0.2) is 0 Å². The molecule has 0 bridgehead atoms. The maximum atomic E-state index is 2.66. The number of rotatable bonds is 3. The zero-order chi connectivity index (χ0) is 17.7. The van der Waals surface area contributed by atoms with E-state index in [2.05, 4.69) is 82.3 Å². The van der Waals surface area contributed by atoms with Crippen LogP contribution in [-0.2, 0) is 0 Å². The van der Waals surface area contributed by atoms with Crippen molar-refractivity contribution < 1.29 is 0 Å². The topological polar surface area (TPSA) is 0 Å². The minimum absolute atomic E-state index is 0.444. The molecule has 1 aliphatic rings. The maximum Gasteiger partial charge on any atom is 0.0561 e. The predicted molar refractivity (Wildman–Crippen MR) is 105 cm³/mol. The first-order chi connectivity index (χ1) is 9.48. The second-order valence-corrected chi connectivity index (χ2v) is 17.7. The fourth-order valence-corrected chi connectivity index (χ4v) is 7.76. The van der Waals surface area contributed by atoms with Crippen LogP contribution in [0.25, 0.3) is 0 Å². The van der Waals surface area contributed by atoms with Gasteiger partial charge >= 0.3 is 0 Å². The van der Waals surface area contributed by atoms with Crippen molar-refractivity contribution >= 4 is 8.07 Å². The third-order valence-electron chi connectivity index (χ3n) is 7.31. The molecule has 1 fully saturated rings. The maximum absolute atomic E-state index is 2.66. The lowest BCUT2D eigenvalue weighted by Gasteiger charge is -2.60. The van der Waals surface area contributed by atoms with Gasteiger partial charge in [0, 0.05) is 0 Å². The molecule has 1 rings (SSSR count). The molecule has 0 aliphatic heterocycles. The van der Waals surface area contributed by atoms with Crippen LogP contribution >= 0.6 is 0 Å². The molecule has 0 aromatic heterocycles. The van der Waals surface area contributed by atoms with Gasteiger partial charge in [-0.3, -0.25) is 0 Å². The minimum Gasteiger partial charge on any atom is -0.0688 e. The first-order valence-corrected chi connectivity index (χ1v) is 12.6. The van der Waals surface area contributed by atoms with E-state index in [1.165, 1.54) is 12.8 Å². The molecular formula is C21H44Si. The van der Waals surface area contributed by atoms with Crippen LogP contribution in [0.4, 0.5) is 0 Å². The van der Waals surface area contributed by atoms with E-state index in [1.54, 1.807) is 0 Å². The van der Waals surface area contributed by atoms with Gasteiger partial charge < -0.3 is 0 Å². The SMILES string of the molecule is CC(C1CC([Si](C)(C)C(C)(C)C)C1CC(C)(C)C)C(C)(C)C. The molecule has 0 spiro atoms. The van der Waals surface area contributed by atoms with Crippen LogP contribution in [0.1, 0.15) is 82.1 Å². The molecule has 22 heavy (non-hydrogen) atoms. The second kappa shape index (κ2) is 5.94. The van der Waals surface area contributed by atoms with Crippen LogP contribution in [-0.4, -0.2) is 8.07 Å². The zero-order valence-electron chi connectivity index (χ0n) is 17.7. The molecule has 1 aliphatic carbocycles. The molecule has 0 radical (unpaired) electrons. The van der Waals surface area contributed by atoms with Crippen LogP contribution in [0.15, 0.2) is 0 Å². The van der Waals surface area contributed by atoms with Gasteiger partial charge in [0.25, 0.3) is 0 Å². The fraction of sp³-hybridized carbons (Fsp3) is 1.00. The molecule has 4 atom stereocenters. The summed E-state index contributed by atoms with van der Waals surface area (Å²) in [5, 5.41) is 0.518. The summed E-state index contributed by atoms with van der Waals surface area (Å²) in [5.74, 6) is 2.73.